The zero-order valence-corrected chi connectivity index (χ0v) is 9.61. The standard InChI is InChI=1S/C11H15N5O/c1-6-2-7(3-8(6)17)16-5-15-9-10(12)13-4-14-11(9)16/h4-8,17H,2-3H2,1H3,(H2,12,13,14)/t6-,7+,8-/m0/s1. The van der Waals surface area contributed by atoms with E-state index in [1.807, 2.05) is 4.57 Å². The van der Waals surface area contributed by atoms with Crippen LogP contribution >= 0.6 is 0 Å². The minimum Gasteiger partial charge on any atom is -0.393 e. The number of nitrogen functional groups attached to an aromatic ring is 1. The Hall–Kier alpha value is -1.69. The highest BCUT2D eigenvalue weighted by atomic mass is 16.3. The van der Waals surface area contributed by atoms with Gasteiger partial charge in [0.25, 0.3) is 0 Å². The number of aromatic nitrogens is 4. The summed E-state index contributed by atoms with van der Waals surface area (Å²) in [6.45, 7) is 2.06. The van der Waals surface area contributed by atoms with E-state index in [4.69, 9.17) is 5.73 Å². The summed E-state index contributed by atoms with van der Waals surface area (Å²) >= 11 is 0. The predicted molar refractivity (Wildman–Crippen MR) is 63.2 cm³/mol. The molecule has 0 spiro atoms. The average Bonchev–Trinajstić information content (AvgIpc) is 2.85. The number of hydrogen-bond donors (Lipinski definition) is 2. The normalized spacial score (nSPS) is 28.9. The highest BCUT2D eigenvalue weighted by Crippen LogP contribution is 2.36. The third-order valence-electron chi connectivity index (χ3n) is 3.59. The molecule has 0 aromatic carbocycles. The molecule has 3 atom stereocenters. The van der Waals surface area contributed by atoms with Crippen LogP contribution in [0, 0.1) is 5.92 Å². The van der Waals surface area contributed by atoms with Crippen LogP contribution in [0.4, 0.5) is 5.82 Å². The van der Waals surface area contributed by atoms with Crippen molar-refractivity contribution in [3.05, 3.63) is 12.7 Å². The number of aliphatic hydroxyl groups is 1. The fourth-order valence-electron chi connectivity index (χ4n) is 2.56. The molecule has 0 saturated heterocycles. The number of anilines is 1. The van der Waals surface area contributed by atoms with E-state index in [0.717, 1.165) is 18.5 Å². The van der Waals surface area contributed by atoms with E-state index in [-0.39, 0.29) is 12.1 Å². The van der Waals surface area contributed by atoms with Crippen LogP contribution in [0.5, 0.6) is 0 Å². The van der Waals surface area contributed by atoms with Gasteiger partial charge in [0.2, 0.25) is 0 Å². The van der Waals surface area contributed by atoms with Gasteiger partial charge < -0.3 is 15.4 Å². The van der Waals surface area contributed by atoms with E-state index < -0.39 is 0 Å². The molecule has 3 N–H and O–H groups in total. The molecule has 6 heteroatoms. The average molecular weight is 233 g/mol. The van der Waals surface area contributed by atoms with Crippen molar-refractivity contribution in [3.8, 4) is 0 Å². The molecule has 3 rings (SSSR count). The van der Waals surface area contributed by atoms with E-state index >= 15 is 0 Å². The lowest BCUT2D eigenvalue weighted by molar-refractivity contribution is 0.139. The van der Waals surface area contributed by atoms with Gasteiger partial charge in [-0.2, -0.15) is 0 Å². The van der Waals surface area contributed by atoms with Crippen LogP contribution in [0.3, 0.4) is 0 Å². The van der Waals surface area contributed by atoms with Gasteiger partial charge in [0.05, 0.1) is 12.4 Å². The lowest BCUT2D eigenvalue weighted by Gasteiger charge is -2.11. The Morgan fingerprint density at radius 1 is 1.35 bits per heavy atom. The lowest BCUT2D eigenvalue weighted by Crippen LogP contribution is -2.09. The Kier molecular flexibility index (Phi) is 2.25. The first-order valence-electron chi connectivity index (χ1n) is 5.78. The van der Waals surface area contributed by atoms with Gasteiger partial charge in [-0.15, -0.1) is 0 Å². The summed E-state index contributed by atoms with van der Waals surface area (Å²) in [6.07, 6.45) is 4.64. The number of aliphatic hydroxyl groups excluding tert-OH is 1. The molecule has 2 heterocycles. The first-order valence-corrected chi connectivity index (χ1v) is 5.78. The van der Waals surface area contributed by atoms with Crippen molar-refractivity contribution in [2.75, 3.05) is 5.73 Å². The van der Waals surface area contributed by atoms with Gasteiger partial charge in [-0.1, -0.05) is 6.92 Å². The Bertz CT molecular complexity index is 542. The SMILES string of the molecule is C[C@H]1C[C@@H](n2cnc3c(N)ncnc32)C[C@@H]1O. The van der Waals surface area contributed by atoms with E-state index in [0.29, 0.717) is 17.3 Å². The molecule has 90 valence electrons. The van der Waals surface area contributed by atoms with Crippen LogP contribution in [0.2, 0.25) is 0 Å². The van der Waals surface area contributed by atoms with Crippen LogP contribution in [0.15, 0.2) is 12.7 Å². The lowest BCUT2D eigenvalue weighted by atomic mass is 10.1. The highest BCUT2D eigenvalue weighted by Gasteiger charge is 2.31. The van der Waals surface area contributed by atoms with Gasteiger partial charge in [-0.25, -0.2) is 15.0 Å². The minimum absolute atomic E-state index is 0.239. The summed E-state index contributed by atoms with van der Waals surface area (Å²) in [6, 6.07) is 0.249. The number of rotatable bonds is 1. The summed E-state index contributed by atoms with van der Waals surface area (Å²) in [5.41, 5.74) is 7.14. The molecular formula is C11H15N5O. The molecule has 0 aliphatic heterocycles. The van der Waals surface area contributed by atoms with Crippen molar-refractivity contribution in [1.82, 2.24) is 19.5 Å². The molecule has 6 nitrogen and oxygen atoms in total. The Morgan fingerprint density at radius 2 is 2.18 bits per heavy atom. The molecule has 1 aliphatic rings. The molecule has 1 aliphatic carbocycles. The largest absolute Gasteiger partial charge is 0.393 e. The maximum absolute atomic E-state index is 9.80. The number of hydrogen-bond acceptors (Lipinski definition) is 5. The van der Waals surface area contributed by atoms with Crippen LogP contribution in [-0.4, -0.2) is 30.7 Å². The molecule has 0 amide bonds. The number of imidazole rings is 1. The Morgan fingerprint density at radius 3 is 2.88 bits per heavy atom. The number of nitrogens with zero attached hydrogens (tertiary/aromatic N) is 4. The summed E-state index contributed by atoms with van der Waals surface area (Å²) < 4.78 is 2.00. The fourth-order valence-corrected chi connectivity index (χ4v) is 2.56. The van der Waals surface area contributed by atoms with Gasteiger partial charge in [-0.05, 0) is 18.8 Å². The Labute approximate surface area is 98.5 Å². The monoisotopic (exact) mass is 233 g/mol. The minimum atomic E-state index is -0.239. The molecular weight excluding hydrogens is 218 g/mol. The Balaban J connectivity index is 2.04. The maximum Gasteiger partial charge on any atom is 0.165 e. The van der Waals surface area contributed by atoms with Gasteiger partial charge in [0.1, 0.15) is 11.8 Å². The van der Waals surface area contributed by atoms with Crippen molar-refractivity contribution in [1.29, 1.82) is 0 Å². The fraction of sp³-hybridized carbons (Fsp3) is 0.545. The maximum atomic E-state index is 9.80. The molecule has 17 heavy (non-hydrogen) atoms. The smallest absolute Gasteiger partial charge is 0.165 e. The van der Waals surface area contributed by atoms with Gasteiger partial charge >= 0.3 is 0 Å². The molecule has 0 radical (unpaired) electrons. The van der Waals surface area contributed by atoms with Crippen LogP contribution in [-0.2, 0) is 0 Å². The van der Waals surface area contributed by atoms with Crippen molar-refractivity contribution < 1.29 is 5.11 Å². The molecule has 1 fully saturated rings. The van der Waals surface area contributed by atoms with E-state index in [1.54, 1.807) is 6.33 Å². The summed E-state index contributed by atoms with van der Waals surface area (Å²) in [4.78, 5) is 12.4. The first-order chi connectivity index (χ1) is 8.16. The zero-order valence-electron chi connectivity index (χ0n) is 9.61. The van der Waals surface area contributed by atoms with Crippen molar-refractivity contribution in [2.24, 2.45) is 5.92 Å². The summed E-state index contributed by atoms with van der Waals surface area (Å²) in [5.74, 6) is 0.719. The quantitative estimate of drug-likeness (QED) is 0.758. The van der Waals surface area contributed by atoms with E-state index in [2.05, 4.69) is 21.9 Å². The molecule has 1 saturated carbocycles. The summed E-state index contributed by atoms with van der Waals surface area (Å²) in [7, 11) is 0. The zero-order chi connectivity index (χ0) is 12.0. The van der Waals surface area contributed by atoms with Crippen molar-refractivity contribution in [3.63, 3.8) is 0 Å². The van der Waals surface area contributed by atoms with Crippen LogP contribution < -0.4 is 5.73 Å². The van der Waals surface area contributed by atoms with Gasteiger partial charge in [0.15, 0.2) is 11.5 Å². The van der Waals surface area contributed by atoms with Gasteiger partial charge in [0, 0.05) is 6.04 Å². The molecule has 2 aromatic heterocycles. The highest BCUT2D eigenvalue weighted by molar-refractivity contribution is 5.81. The molecule has 0 unspecified atom stereocenters. The van der Waals surface area contributed by atoms with E-state index in [1.165, 1.54) is 6.33 Å². The second kappa shape index (κ2) is 3.66. The topological polar surface area (TPSA) is 89.9 Å². The number of fused-ring (bicyclic) bond motifs is 1. The number of nitrogens with two attached hydrogens (primary N) is 1. The molecule has 2 aromatic rings. The second-order valence-electron chi connectivity index (χ2n) is 4.75. The van der Waals surface area contributed by atoms with Crippen LogP contribution in [0.25, 0.3) is 11.2 Å². The first kappa shape index (κ1) is 10.5. The predicted octanol–water partition coefficient (Wildman–Crippen LogP) is 0.740. The van der Waals surface area contributed by atoms with Crippen molar-refractivity contribution >= 4 is 17.0 Å². The van der Waals surface area contributed by atoms with E-state index in [9.17, 15) is 5.11 Å². The van der Waals surface area contributed by atoms with Crippen molar-refractivity contribution in [2.45, 2.75) is 31.9 Å². The summed E-state index contributed by atoms with van der Waals surface area (Å²) in [5, 5.41) is 9.80. The van der Waals surface area contributed by atoms with Crippen LogP contribution in [0.1, 0.15) is 25.8 Å². The molecule has 0 bridgehead atoms. The second-order valence-corrected chi connectivity index (χ2v) is 4.75. The van der Waals surface area contributed by atoms with Gasteiger partial charge in [-0.3, -0.25) is 0 Å². The third-order valence-corrected chi connectivity index (χ3v) is 3.59. The third kappa shape index (κ3) is 1.56.